The lowest BCUT2D eigenvalue weighted by Crippen LogP contribution is -2.39. The van der Waals surface area contributed by atoms with Crippen molar-refractivity contribution < 1.29 is 5.11 Å². The zero-order chi connectivity index (χ0) is 12.3. The van der Waals surface area contributed by atoms with Gasteiger partial charge < -0.3 is 5.11 Å². The Morgan fingerprint density at radius 2 is 2.00 bits per heavy atom. The Kier molecular flexibility index (Phi) is 4.22. The van der Waals surface area contributed by atoms with Gasteiger partial charge in [0, 0.05) is 17.6 Å². The molecule has 0 atom stereocenters. The first kappa shape index (κ1) is 13.3. The summed E-state index contributed by atoms with van der Waals surface area (Å²) in [6.07, 6.45) is 1.06. The standard InChI is InChI=1S/C13H20ClNO/c1-5-13(2,3)15(4)9-10-7-6-8-11(14)12(10)16/h6-8,16H,5,9H2,1-4H3. The maximum absolute atomic E-state index is 9.83. The topological polar surface area (TPSA) is 23.5 Å². The molecule has 0 unspecified atom stereocenters. The highest BCUT2D eigenvalue weighted by atomic mass is 35.5. The zero-order valence-electron chi connectivity index (χ0n) is 10.4. The van der Waals surface area contributed by atoms with E-state index in [2.05, 4.69) is 32.7 Å². The number of hydrogen-bond donors (Lipinski definition) is 1. The first-order chi connectivity index (χ1) is 7.38. The summed E-state index contributed by atoms with van der Waals surface area (Å²) in [5.74, 6) is 0.197. The van der Waals surface area contributed by atoms with Gasteiger partial charge in [0.05, 0.1) is 5.02 Å². The second-order valence-corrected chi connectivity index (χ2v) is 5.18. The summed E-state index contributed by atoms with van der Waals surface area (Å²) in [5.41, 5.74) is 0.992. The molecule has 3 heteroatoms. The molecule has 0 radical (unpaired) electrons. The molecule has 1 aromatic rings. The number of rotatable bonds is 4. The predicted molar refractivity (Wildman–Crippen MR) is 69.0 cm³/mol. The molecule has 0 aliphatic heterocycles. The van der Waals surface area contributed by atoms with Gasteiger partial charge in [-0.1, -0.05) is 30.7 Å². The molecular formula is C13H20ClNO. The van der Waals surface area contributed by atoms with Gasteiger partial charge in [-0.25, -0.2) is 0 Å². The molecule has 0 saturated carbocycles. The number of hydrogen-bond acceptors (Lipinski definition) is 2. The summed E-state index contributed by atoms with van der Waals surface area (Å²) in [5, 5.41) is 10.2. The van der Waals surface area contributed by atoms with Crippen LogP contribution in [-0.2, 0) is 6.54 Å². The highest BCUT2D eigenvalue weighted by Gasteiger charge is 2.22. The van der Waals surface area contributed by atoms with E-state index in [-0.39, 0.29) is 11.3 Å². The zero-order valence-corrected chi connectivity index (χ0v) is 11.2. The van der Waals surface area contributed by atoms with Crippen LogP contribution in [0, 0.1) is 0 Å². The van der Waals surface area contributed by atoms with Crippen LogP contribution in [-0.4, -0.2) is 22.6 Å². The SMILES string of the molecule is CCC(C)(C)N(C)Cc1cccc(Cl)c1O. The van der Waals surface area contributed by atoms with Gasteiger partial charge >= 0.3 is 0 Å². The molecule has 1 N–H and O–H groups in total. The van der Waals surface area contributed by atoms with Gasteiger partial charge in [0.2, 0.25) is 0 Å². The minimum Gasteiger partial charge on any atom is -0.506 e. The van der Waals surface area contributed by atoms with Crippen LogP contribution in [0.4, 0.5) is 0 Å². The number of phenols is 1. The van der Waals surface area contributed by atoms with Crippen molar-refractivity contribution in [2.45, 2.75) is 39.3 Å². The van der Waals surface area contributed by atoms with Crippen LogP contribution in [0.25, 0.3) is 0 Å². The molecule has 0 aromatic heterocycles. The first-order valence-electron chi connectivity index (χ1n) is 5.56. The molecule has 90 valence electrons. The Morgan fingerprint density at radius 3 is 2.56 bits per heavy atom. The van der Waals surface area contributed by atoms with Crippen LogP contribution in [0.2, 0.25) is 5.02 Å². The maximum Gasteiger partial charge on any atom is 0.138 e. The lowest BCUT2D eigenvalue weighted by molar-refractivity contribution is 0.142. The van der Waals surface area contributed by atoms with E-state index in [4.69, 9.17) is 11.6 Å². The van der Waals surface area contributed by atoms with Crippen molar-refractivity contribution in [3.63, 3.8) is 0 Å². The fourth-order valence-corrected chi connectivity index (χ4v) is 1.62. The lowest BCUT2D eigenvalue weighted by Gasteiger charge is -2.35. The van der Waals surface area contributed by atoms with Crippen molar-refractivity contribution in [2.24, 2.45) is 0 Å². The number of nitrogens with zero attached hydrogens (tertiary/aromatic N) is 1. The fraction of sp³-hybridized carbons (Fsp3) is 0.538. The molecule has 0 saturated heterocycles. The van der Waals surface area contributed by atoms with Crippen molar-refractivity contribution in [3.05, 3.63) is 28.8 Å². The Labute approximate surface area is 103 Å². The molecule has 0 aliphatic carbocycles. The van der Waals surface area contributed by atoms with Gasteiger partial charge in [-0.05, 0) is 33.4 Å². The fourth-order valence-electron chi connectivity index (χ4n) is 1.43. The van der Waals surface area contributed by atoms with Crippen LogP contribution in [0.3, 0.4) is 0 Å². The minimum atomic E-state index is 0.120. The molecular weight excluding hydrogens is 222 g/mol. The third kappa shape index (κ3) is 2.89. The molecule has 1 aromatic carbocycles. The molecule has 0 heterocycles. The highest BCUT2D eigenvalue weighted by Crippen LogP contribution is 2.29. The van der Waals surface area contributed by atoms with E-state index < -0.39 is 0 Å². The van der Waals surface area contributed by atoms with Crippen LogP contribution >= 0.6 is 11.6 Å². The molecule has 0 aliphatic rings. The van der Waals surface area contributed by atoms with E-state index in [0.29, 0.717) is 11.6 Å². The maximum atomic E-state index is 9.83. The molecule has 16 heavy (non-hydrogen) atoms. The second kappa shape index (κ2) is 5.07. The van der Waals surface area contributed by atoms with Crippen LogP contribution < -0.4 is 0 Å². The molecule has 0 amide bonds. The number of benzene rings is 1. The van der Waals surface area contributed by atoms with Gasteiger partial charge in [-0.3, -0.25) is 4.90 Å². The Hall–Kier alpha value is -0.730. The lowest BCUT2D eigenvalue weighted by atomic mass is 9.99. The summed E-state index contributed by atoms with van der Waals surface area (Å²) in [4.78, 5) is 2.22. The van der Waals surface area contributed by atoms with Gasteiger partial charge in [0.15, 0.2) is 0 Å². The molecule has 2 nitrogen and oxygen atoms in total. The Bertz CT molecular complexity index is 363. The Balaban J connectivity index is 2.85. The number of phenolic OH excluding ortho intramolecular Hbond substituents is 1. The third-order valence-electron chi connectivity index (χ3n) is 3.38. The molecule has 0 spiro atoms. The molecule has 1 rings (SSSR count). The summed E-state index contributed by atoms with van der Waals surface area (Å²) in [7, 11) is 2.06. The highest BCUT2D eigenvalue weighted by molar-refractivity contribution is 6.32. The van der Waals surface area contributed by atoms with Crippen LogP contribution in [0.5, 0.6) is 5.75 Å². The third-order valence-corrected chi connectivity index (χ3v) is 3.68. The van der Waals surface area contributed by atoms with Gasteiger partial charge in [0.25, 0.3) is 0 Å². The van der Waals surface area contributed by atoms with Crippen molar-refractivity contribution in [2.75, 3.05) is 7.05 Å². The minimum absolute atomic E-state index is 0.120. The van der Waals surface area contributed by atoms with Crippen molar-refractivity contribution in [3.8, 4) is 5.75 Å². The van der Waals surface area contributed by atoms with Crippen molar-refractivity contribution in [1.29, 1.82) is 0 Å². The number of halogens is 1. The average Bonchev–Trinajstić information content (AvgIpc) is 2.24. The monoisotopic (exact) mass is 241 g/mol. The number of para-hydroxylation sites is 1. The normalized spacial score (nSPS) is 12.1. The van der Waals surface area contributed by atoms with Crippen LogP contribution in [0.15, 0.2) is 18.2 Å². The average molecular weight is 242 g/mol. The van der Waals surface area contributed by atoms with Gasteiger partial charge in [-0.15, -0.1) is 0 Å². The molecule has 0 fully saturated rings. The van der Waals surface area contributed by atoms with E-state index in [1.807, 2.05) is 12.1 Å². The molecule has 0 bridgehead atoms. The smallest absolute Gasteiger partial charge is 0.138 e. The Morgan fingerprint density at radius 1 is 1.38 bits per heavy atom. The van der Waals surface area contributed by atoms with Crippen LogP contribution in [0.1, 0.15) is 32.8 Å². The van der Waals surface area contributed by atoms with Gasteiger partial charge in [0.1, 0.15) is 5.75 Å². The van der Waals surface area contributed by atoms with E-state index in [1.54, 1.807) is 6.07 Å². The summed E-state index contributed by atoms with van der Waals surface area (Å²) >= 11 is 5.88. The predicted octanol–water partition coefficient (Wildman–Crippen LogP) is 3.67. The van der Waals surface area contributed by atoms with E-state index in [0.717, 1.165) is 12.0 Å². The quantitative estimate of drug-likeness (QED) is 0.870. The van der Waals surface area contributed by atoms with E-state index in [1.165, 1.54) is 0 Å². The van der Waals surface area contributed by atoms with Gasteiger partial charge in [-0.2, -0.15) is 0 Å². The largest absolute Gasteiger partial charge is 0.506 e. The second-order valence-electron chi connectivity index (χ2n) is 4.77. The number of aromatic hydroxyl groups is 1. The summed E-state index contributed by atoms with van der Waals surface area (Å²) in [6, 6.07) is 5.47. The summed E-state index contributed by atoms with van der Waals surface area (Å²) in [6.45, 7) is 7.24. The van der Waals surface area contributed by atoms with E-state index in [9.17, 15) is 5.11 Å². The first-order valence-corrected chi connectivity index (χ1v) is 5.94. The van der Waals surface area contributed by atoms with Crippen molar-refractivity contribution >= 4 is 11.6 Å². The van der Waals surface area contributed by atoms with E-state index >= 15 is 0 Å². The summed E-state index contributed by atoms with van der Waals surface area (Å²) < 4.78 is 0. The van der Waals surface area contributed by atoms with Crippen molar-refractivity contribution in [1.82, 2.24) is 4.90 Å².